The van der Waals surface area contributed by atoms with Gasteiger partial charge in [0.15, 0.2) is 16.7 Å². The number of thioether (sulfide) groups is 1. The van der Waals surface area contributed by atoms with E-state index in [4.69, 9.17) is 15.2 Å². The Morgan fingerprint density at radius 1 is 1.07 bits per heavy atom. The molecule has 1 aliphatic heterocycles. The van der Waals surface area contributed by atoms with Crippen LogP contribution in [-0.4, -0.2) is 18.2 Å². The Labute approximate surface area is 166 Å². The van der Waals surface area contributed by atoms with Crippen LogP contribution in [0.15, 0.2) is 70.6 Å². The summed E-state index contributed by atoms with van der Waals surface area (Å²) in [6.45, 7) is 0.427. The molecule has 0 saturated heterocycles. The summed E-state index contributed by atoms with van der Waals surface area (Å²) >= 11 is 1.16. The third kappa shape index (κ3) is 3.73. The number of hydrogen-bond acceptors (Lipinski definition) is 5. The maximum Gasteiger partial charge on any atom is 0.286 e. The number of fused-ring (bicyclic) bond motifs is 1. The number of carbonyl (C=O) groups excluding carboxylic acids is 1. The third-order valence-electron chi connectivity index (χ3n) is 4.39. The van der Waals surface area contributed by atoms with E-state index in [1.54, 1.807) is 13.2 Å². The van der Waals surface area contributed by atoms with Crippen LogP contribution in [-0.2, 0) is 11.4 Å². The predicted octanol–water partition coefficient (Wildman–Crippen LogP) is 4.36. The minimum atomic E-state index is -0.322. The highest BCUT2D eigenvalue weighted by atomic mass is 32.2. The van der Waals surface area contributed by atoms with Crippen molar-refractivity contribution in [2.45, 2.75) is 6.61 Å². The van der Waals surface area contributed by atoms with Crippen molar-refractivity contribution in [2.75, 3.05) is 7.11 Å². The zero-order valence-corrected chi connectivity index (χ0v) is 16.0. The topological polar surface area (TPSA) is 73.9 Å². The summed E-state index contributed by atoms with van der Waals surface area (Å²) in [7, 11) is 1.59. The van der Waals surface area contributed by atoms with Crippen LogP contribution in [0, 0.1) is 0 Å². The van der Waals surface area contributed by atoms with Gasteiger partial charge in [0.2, 0.25) is 0 Å². The van der Waals surface area contributed by atoms with Crippen LogP contribution in [0.2, 0.25) is 0 Å². The first-order valence-corrected chi connectivity index (χ1v) is 9.51. The van der Waals surface area contributed by atoms with Crippen molar-refractivity contribution >= 4 is 39.7 Å². The molecule has 6 heteroatoms. The van der Waals surface area contributed by atoms with E-state index >= 15 is 0 Å². The first-order chi connectivity index (χ1) is 13.6. The number of nitrogens with zero attached hydrogens (tertiary/aromatic N) is 1. The molecule has 0 aromatic heterocycles. The van der Waals surface area contributed by atoms with E-state index in [1.165, 1.54) is 10.8 Å². The van der Waals surface area contributed by atoms with Crippen molar-refractivity contribution < 1.29 is 14.3 Å². The van der Waals surface area contributed by atoms with Crippen LogP contribution < -0.4 is 15.2 Å². The Hall–Kier alpha value is -3.25. The number of benzene rings is 3. The molecule has 4 rings (SSSR count). The second kappa shape index (κ2) is 7.78. The fraction of sp³-hybridized carbons (Fsp3) is 0.0909. The zero-order chi connectivity index (χ0) is 19.5. The molecule has 140 valence electrons. The minimum Gasteiger partial charge on any atom is -0.493 e. The van der Waals surface area contributed by atoms with Gasteiger partial charge in [-0.2, -0.15) is 4.99 Å². The largest absolute Gasteiger partial charge is 0.493 e. The first-order valence-electron chi connectivity index (χ1n) is 8.69. The molecule has 28 heavy (non-hydrogen) atoms. The smallest absolute Gasteiger partial charge is 0.286 e. The molecule has 2 N–H and O–H groups in total. The van der Waals surface area contributed by atoms with Gasteiger partial charge in [0.1, 0.15) is 6.61 Å². The van der Waals surface area contributed by atoms with Gasteiger partial charge in [-0.3, -0.25) is 4.79 Å². The van der Waals surface area contributed by atoms with Gasteiger partial charge in [0.25, 0.3) is 5.91 Å². The Morgan fingerprint density at radius 3 is 2.68 bits per heavy atom. The van der Waals surface area contributed by atoms with Crippen LogP contribution >= 0.6 is 11.8 Å². The van der Waals surface area contributed by atoms with E-state index in [2.05, 4.69) is 29.3 Å². The highest BCUT2D eigenvalue weighted by Crippen LogP contribution is 2.32. The molecule has 0 aliphatic carbocycles. The molecule has 0 atom stereocenters. The number of amidine groups is 1. The molecular formula is C22H18N2O3S. The highest BCUT2D eigenvalue weighted by molar-refractivity contribution is 8.18. The van der Waals surface area contributed by atoms with Crippen LogP contribution in [0.3, 0.4) is 0 Å². The van der Waals surface area contributed by atoms with E-state index in [1.807, 2.05) is 36.4 Å². The van der Waals surface area contributed by atoms with E-state index in [9.17, 15) is 4.79 Å². The van der Waals surface area contributed by atoms with Gasteiger partial charge in [0.05, 0.1) is 12.0 Å². The van der Waals surface area contributed by atoms with Gasteiger partial charge in [-0.25, -0.2) is 0 Å². The second-order valence-corrected chi connectivity index (χ2v) is 7.27. The molecule has 3 aromatic carbocycles. The lowest BCUT2D eigenvalue weighted by Gasteiger charge is -2.13. The summed E-state index contributed by atoms with van der Waals surface area (Å²) in [6.07, 6.45) is 1.74. The number of aliphatic imine (C=N–C) groups is 1. The minimum absolute atomic E-state index is 0.262. The Balaban J connectivity index is 1.55. The first kappa shape index (κ1) is 18.1. The average Bonchev–Trinajstić information content (AvgIpc) is 3.03. The van der Waals surface area contributed by atoms with Crippen molar-refractivity contribution in [2.24, 2.45) is 10.7 Å². The summed E-state index contributed by atoms with van der Waals surface area (Å²) in [5.41, 5.74) is 7.51. The van der Waals surface area contributed by atoms with Crippen LogP contribution in [0.5, 0.6) is 11.5 Å². The van der Waals surface area contributed by atoms with Gasteiger partial charge < -0.3 is 15.2 Å². The van der Waals surface area contributed by atoms with E-state index in [0.29, 0.717) is 23.0 Å². The summed E-state index contributed by atoms with van der Waals surface area (Å²) in [4.78, 5) is 16.0. The fourth-order valence-electron chi connectivity index (χ4n) is 3.04. The van der Waals surface area contributed by atoms with Crippen molar-refractivity contribution in [3.05, 3.63) is 76.7 Å². The lowest BCUT2D eigenvalue weighted by molar-refractivity contribution is -0.113. The number of methoxy groups -OCH3 is 1. The molecule has 1 amide bonds. The monoisotopic (exact) mass is 390 g/mol. The van der Waals surface area contributed by atoms with Crippen molar-refractivity contribution in [3.63, 3.8) is 0 Å². The molecule has 0 unspecified atom stereocenters. The molecule has 0 spiro atoms. The molecule has 0 bridgehead atoms. The Morgan fingerprint density at radius 2 is 1.89 bits per heavy atom. The van der Waals surface area contributed by atoms with Crippen LogP contribution in [0.1, 0.15) is 11.1 Å². The SMILES string of the molecule is COc1cc(/C=C2/SC(N)=NC2=O)ccc1OCc1cccc2ccccc12. The highest BCUT2D eigenvalue weighted by Gasteiger charge is 2.19. The van der Waals surface area contributed by atoms with E-state index < -0.39 is 0 Å². The lowest BCUT2D eigenvalue weighted by atomic mass is 10.1. The summed E-state index contributed by atoms with van der Waals surface area (Å²) in [5, 5.41) is 2.61. The summed E-state index contributed by atoms with van der Waals surface area (Å²) < 4.78 is 11.5. The predicted molar refractivity (Wildman–Crippen MR) is 113 cm³/mol. The molecule has 0 fully saturated rings. The zero-order valence-electron chi connectivity index (χ0n) is 15.2. The van der Waals surface area contributed by atoms with Crippen molar-refractivity contribution in [1.82, 2.24) is 0 Å². The second-order valence-electron chi connectivity index (χ2n) is 6.20. The number of carbonyl (C=O) groups is 1. The van der Waals surface area contributed by atoms with Gasteiger partial charge in [-0.1, -0.05) is 48.5 Å². The molecule has 5 nitrogen and oxygen atoms in total. The Kier molecular flexibility index (Phi) is 5.04. The molecule has 0 radical (unpaired) electrons. The van der Waals surface area contributed by atoms with Crippen molar-refractivity contribution in [3.8, 4) is 11.5 Å². The van der Waals surface area contributed by atoms with Crippen LogP contribution in [0.25, 0.3) is 16.8 Å². The normalized spacial score (nSPS) is 15.1. The number of rotatable bonds is 5. The number of hydrogen-bond donors (Lipinski definition) is 1. The van der Waals surface area contributed by atoms with Crippen molar-refractivity contribution in [1.29, 1.82) is 0 Å². The van der Waals surface area contributed by atoms with Crippen LogP contribution in [0.4, 0.5) is 0 Å². The number of nitrogens with two attached hydrogens (primary N) is 1. The van der Waals surface area contributed by atoms with E-state index in [-0.39, 0.29) is 11.1 Å². The standard InChI is InChI=1S/C22H18N2O3S/c1-26-19-11-14(12-20-21(25)24-22(23)28-20)9-10-18(19)27-13-16-7-4-6-15-5-2-3-8-17(15)16/h2-12H,13H2,1H3,(H2,23,24,25)/b20-12+. The van der Waals surface area contributed by atoms with Gasteiger partial charge >= 0.3 is 0 Å². The maximum absolute atomic E-state index is 11.8. The van der Waals surface area contributed by atoms with Gasteiger partial charge in [-0.05, 0) is 51.9 Å². The summed E-state index contributed by atoms with van der Waals surface area (Å²) in [5.74, 6) is 0.912. The molecule has 3 aromatic rings. The molecular weight excluding hydrogens is 372 g/mol. The van der Waals surface area contributed by atoms with Gasteiger partial charge in [-0.15, -0.1) is 0 Å². The quantitative estimate of drug-likeness (QED) is 0.656. The summed E-state index contributed by atoms with van der Waals surface area (Å²) in [6, 6.07) is 19.9. The molecule has 0 saturated carbocycles. The lowest BCUT2D eigenvalue weighted by Crippen LogP contribution is -2.01. The number of ether oxygens (including phenoxy) is 2. The third-order valence-corrected chi connectivity index (χ3v) is 5.20. The van der Waals surface area contributed by atoms with Gasteiger partial charge in [0, 0.05) is 0 Å². The Bertz CT molecular complexity index is 1120. The van der Waals surface area contributed by atoms with E-state index in [0.717, 1.165) is 22.9 Å². The maximum atomic E-state index is 11.8. The number of amides is 1. The fourth-order valence-corrected chi connectivity index (χ4v) is 3.73. The molecule has 1 heterocycles. The molecule has 1 aliphatic rings. The average molecular weight is 390 g/mol.